The molecular weight excluding hydrogens is 188 g/mol. The Hall–Kier alpha value is -1.77. The molecule has 1 amide bonds. The highest BCUT2D eigenvalue weighted by molar-refractivity contribution is 6.02. The Morgan fingerprint density at radius 3 is 2.73 bits per heavy atom. The summed E-state index contributed by atoms with van der Waals surface area (Å²) in [5.74, 6) is 0.121. The van der Waals surface area contributed by atoms with E-state index in [-0.39, 0.29) is 5.91 Å². The quantitative estimate of drug-likeness (QED) is 0.681. The summed E-state index contributed by atoms with van der Waals surface area (Å²) in [5.41, 5.74) is 2.06. The predicted octanol–water partition coefficient (Wildman–Crippen LogP) is 1.66. The zero-order chi connectivity index (χ0) is 10.8. The summed E-state index contributed by atoms with van der Waals surface area (Å²) in [4.78, 5) is 15.4. The number of carbonyl (C=O) groups excluding carboxylic acids is 1. The van der Waals surface area contributed by atoms with Crippen molar-refractivity contribution in [3.63, 3.8) is 0 Å². The van der Waals surface area contributed by atoms with Gasteiger partial charge in [-0.15, -0.1) is 6.58 Å². The number of likely N-dealkylation sites (N-methyl/N-ethyl adjacent to an activating group) is 1. The SMILES string of the molecule is C=CCN1CC(=O)N(C)c2ccccc21. The second-order valence-electron chi connectivity index (χ2n) is 3.61. The van der Waals surface area contributed by atoms with Gasteiger partial charge >= 0.3 is 0 Å². The van der Waals surface area contributed by atoms with Crippen molar-refractivity contribution in [1.82, 2.24) is 0 Å². The van der Waals surface area contributed by atoms with Crippen molar-refractivity contribution >= 4 is 17.3 Å². The van der Waals surface area contributed by atoms with Gasteiger partial charge in [-0.05, 0) is 12.1 Å². The highest BCUT2D eigenvalue weighted by Gasteiger charge is 2.24. The summed E-state index contributed by atoms with van der Waals surface area (Å²) >= 11 is 0. The van der Waals surface area contributed by atoms with E-state index in [9.17, 15) is 4.79 Å². The van der Waals surface area contributed by atoms with E-state index in [0.29, 0.717) is 13.1 Å². The number of carbonyl (C=O) groups is 1. The third-order valence-electron chi connectivity index (χ3n) is 2.63. The van der Waals surface area contributed by atoms with Crippen LogP contribution in [0.15, 0.2) is 36.9 Å². The zero-order valence-electron chi connectivity index (χ0n) is 8.81. The standard InChI is InChI=1S/C12H14N2O/c1-3-8-14-9-12(15)13(2)10-6-4-5-7-11(10)14/h3-7H,1,8-9H2,2H3. The van der Waals surface area contributed by atoms with E-state index in [1.807, 2.05) is 42.3 Å². The third kappa shape index (κ3) is 1.61. The largest absolute Gasteiger partial charge is 0.357 e. The van der Waals surface area contributed by atoms with Crippen LogP contribution in [0.25, 0.3) is 0 Å². The molecule has 3 heteroatoms. The summed E-state index contributed by atoms with van der Waals surface area (Å²) in [7, 11) is 1.81. The van der Waals surface area contributed by atoms with Crippen molar-refractivity contribution in [2.75, 3.05) is 29.9 Å². The molecule has 0 unspecified atom stereocenters. The van der Waals surface area contributed by atoms with Crippen LogP contribution in [0.1, 0.15) is 0 Å². The molecule has 78 valence electrons. The molecule has 2 rings (SSSR count). The molecule has 1 aliphatic rings. The summed E-state index contributed by atoms with van der Waals surface area (Å²) < 4.78 is 0. The highest BCUT2D eigenvalue weighted by Crippen LogP contribution is 2.31. The molecule has 1 heterocycles. The van der Waals surface area contributed by atoms with Crippen LogP contribution in [0.2, 0.25) is 0 Å². The number of hydrogen-bond acceptors (Lipinski definition) is 2. The van der Waals surface area contributed by atoms with E-state index in [1.54, 1.807) is 4.90 Å². The van der Waals surface area contributed by atoms with Crippen LogP contribution in [-0.4, -0.2) is 26.0 Å². The Morgan fingerprint density at radius 1 is 1.40 bits per heavy atom. The summed E-state index contributed by atoms with van der Waals surface area (Å²) in [6.07, 6.45) is 1.81. The van der Waals surface area contributed by atoms with Gasteiger partial charge in [-0.2, -0.15) is 0 Å². The molecule has 1 aliphatic heterocycles. The fourth-order valence-electron chi connectivity index (χ4n) is 1.82. The molecule has 0 saturated heterocycles. The van der Waals surface area contributed by atoms with Gasteiger partial charge in [-0.1, -0.05) is 18.2 Å². The van der Waals surface area contributed by atoms with Crippen molar-refractivity contribution in [3.8, 4) is 0 Å². The molecule has 3 nitrogen and oxygen atoms in total. The molecular formula is C12H14N2O. The molecule has 0 radical (unpaired) electrons. The van der Waals surface area contributed by atoms with Gasteiger partial charge in [0.1, 0.15) is 0 Å². The molecule has 0 aliphatic carbocycles. The van der Waals surface area contributed by atoms with Crippen molar-refractivity contribution in [1.29, 1.82) is 0 Å². The first-order valence-corrected chi connectivity index (χ1v) is 4.95. The number of benzene rings is 1. The van der Waals surface area contributed by atoms with Crippen LogP contribution in [-0.2, 0) is 4.79 Å². The van der Waals surface area contributed by atoms with E-state index in [0.717, 1.165) is 11.4 Å². The second kappa shape index (κ2) is 3.77. The predicted molar refractivity (Wildman–Crippen MR) is 62.3 cm³/mol. The van der Waals surface area contributed by atoms with Crippen molar-refractivity contribution in [2.45, 2.75) is 0 Å². The second-order valence-corrected chi connectivity index (χ2v) is 3.61. The van der Waals surface area contributed by atoms with Gasteiger partial charge < -0.3 is 9.80 Å². The maximum absolute atomic E-state index is 11.7. The number of nitrogens with zero attached hydrogens (tertiary/aromatic N) is 2. The topological polar surface area (TPSA) is 23.6 Å². The normalized spacial score (nSPS) is 15.1. The zero-order valence-corrected chi connectivity index (χ0v) is 8.81. The number of anilines is 2. The van der Waals surface area contributed by atoms with E-state index < -0.39 is 0 Å². The van der Waals surface area contributed by atoms with Gasteiger partial charge in [0.25, 0.3) is 0 Å². The molecule has 1 aromatic carbocycles. The first-order chi connectivity index (χ1) is 7.24. The lowest BCUT2D eigenvalue weighted by molar-refractivity contribution is -0.117. The maximum atomic E-state index is 11.7. The van der Waals surface area contributed by atoms with Crippen LogP contribution in [0.4, 0.5) is 11.4 Å². The average Bonchev–Trinajstić information content (AvgIpc) is 2.26. The minimum atomic E-state index is 0.121. The van der Waals surface area contributed by atoms with Crippen molar-refractivity contribution < 1.29 is 4.79 Å². The molecule has 0 fully saturated rings. The first kappa shape index (κ1) is 9.77. The first-order valence-electron chi connectivity index (χ1n) is 4.95. The van der Waals surface area contributed by atoms with Crippen LogP contribution < -0.4 is 9.80 Å². The van der Waals surface area contributed by atoms with Gasteiger partial charge in [0.2, 0.25) is 5.91 Å². The van der Waals surface area contributed by atoms with E-state index in [1.165, 1.54) is 0 Å². The van der Waals surface area contributed by atoms with E-state index >= 15 is 0 Å². The smallest absolute Gasteiger partial charge is 0.246 e. The highest BCUT2D eigenvalue weighted by atomic mass is 16.2. The minimum Gasteiger partial charge on any atom is -0.357 e. The number of amides is 1. The van der Waals surface area contributed by atoms with Gasteiger partial charge in [0.15, 0.2) is 0 Å². The number of rotatable bonds is 2. The molecule has 15 heavy (non-hydrogen) atoms. The summed E-state index contributed by atoms with van der Waals surface area (Å²) in [6.45, 7) is 4.84. The maximum Gasteiger partial charge on any atom is 0.246 e. The lowest BCUT2D eigenvalue weighted by Gasteiger charge is -2.34. The van der Waals surface area contributed by atoms with Gasteiger partial charge in [0, 0.05) is 13.6 Å². The summed E-state index contributed by atoms with van der Waals surface area (Å²) in [6, 6.07) is 7.92. The Balaban J connectivity index is 2.44. The van der Waals surface area contributed by atoms with Gasteiger partial charge in [0.05, 0.1) is 17.9 Å². The molecule has 1 aromatic rings. The lowest BCUT2D eigenvalue weighted by Crippen LogP contribution is -2.43. The molecule has 0 bridgehead atoms. The third-order valence-corrected chi connectivity index (χ3v) is 2.63. The van der Waals surface area contributed by atoms with Crippen LogP contribution in [0, 0.1) is 0 Å². The van der Waals surface area contributed by atoms with Gasteiger partial charge in [-0.3, -0.25) is 4.79 Å². The molecule has 0 spiro atoms. The lowest BCUT2D eigenvalue weighted by atomic mass is 10.1. The van der Waals surface area contributed by atoms with Crippen LogP contribution >= 0.6 is 0 Å². The number of para-hydroxylation sites is 2. The fourth-order valence-corrected chi connectivity index (χ4v) is 1.82. The van der Waals surface area contributed by atoms with Crippen LogP contribution in [0.5, 0.6) is 0 Å². The molecule has 0 aromatic heterocycles. The Bertz CT molecular complexity index is 400. The van der Waals surface area contributed by atoms with E-state index in [4.69, 9.17) is 0 Å². The van der Waals surface area contributed by atoms with Crippen molar-refractivity contribution in [3.05, 3.63) is 36.9 Å². The van der Waals surface area contributed by atoms with Crippen LogP contribution in [0.3, 0.4) is 0 Å². The Kier molecular flexibility index (Phi) is 2.46. The monoisotopic (exact) mass is 202 g/mol. The number of hydrogen-bond donors (Lipinski definition) is 0. The average molecular weight is 202 g/mol. The Morgan fingerprint density at radius 2 is 2.07 bits per heavy atom. The minimum absolute atomic E-state index is 0.121. The van der Waals surface area contributed by atoms with Gasteiger partial charge in [-0.25, -0.2) is 0 Å². The van der Waals surface area contributed by atoms with Crippen molar-refractivity contribution in [2.24, 2.45) is 0 Å². The molecule has 0 saturated carbocycles. The fraction of sp³-hybridized carbons (Fsp3) is 0.250. The molecule has 0 atom stereocenters. The number of fused-ring (bicyclic) bond motifs is 1. The summed E-state index contributed by atoms with van der Waals surface area (Å²) in [5, 5.41) is 0. The van der Waals surface area contributed by atoms with E-state index in [2.05, 4.69) is 6.58 Å². The molecule has 0 N–H and O–H groups in total. The Labute approximate surface area is 89.6 Å².